The summed E-state index contributed by atoms with van der Waals surface area (Å²) in [5.41, 5.74) is 1.20. The Labute approximate surface area is 103 Å². The number of hydrogen-bond donors (Lipinski definition) is 1. The van der Waals surface area contributed by atoms with E-state index in [-0.39, 0.29) is 12.0 Å². The summed E-state index contributed by atoms with van der Waals surface area (Å²) in [6.45, 7) is 0.650. The molecule has 2 unspecified atom stereocenters. The molecular formula is C15H20O2. The van der Waals surface area contributed by atoms with Crippen LogP contribution in [0.1, 0.15) is 43.6 Å². The van der Waals surface area contributed by atoms with Crippen LogP contribution < -0.4 is 4.74 Å². The van der Waals surface area contributed by atoms with Gasteiger partial charge in [0, 0.05) is 11.5 Å². The van der Waals surface area contributed by atoms with Gasteiger partial charge in [0.15, 0.2) is 0 Å². The Morgan fingerprint density at radius 2 is 1.88 bits per heavy atom. The molecule has 0 aromatic heterocycles. The zero-order chi connectivity index (χ0) is 11.7. The molecule has 1 saturated carbocycles. The van der Waals surface area contributed by atoms with E-state index in [1.165, 1.54) is 37.7 Å². The van der Waals surface area contributed by atoms with Crippen LogP contribution in [0.4, 0.5) is 0 Å². The molecule has 3 rings (SSSR count). The highest BCUT2D eigenvalue weighted by Gasteiger charge is 2.35. The second-order valence-corrected chi connectivity index (χ2v) is 5.34. The summed E-state index contributed by atoms with van der Waals surface area (Å²) < 4.78 is 5.66. The first-order chi connectivity index (χ1) is 8.36. The van der Waals surface area contributed by atoms with Crippen LogP contribution >= 0.6 is 0 Å². The number of fused-ring (bicyclic) bond motifs is 1. The van der Waals surface area contributed by atoms with Crippen LogP contribution in [0.25, 0.3) is 0 Å². The Morgan fingerprint density at radius 1 is 1.12 bits per heavy atom. The molecule has 2 atom stereocenters. The third-order valence-electron chi connectivity index (χ3n) is 4.28. The van der Waals surface area contributed by atoms with Gasteiger partial charge in [0.05, 0.1) is 12.7 Å². The molecule has 0 spiro atoms. The molecule has 1 N–H and O–H groups in total. The smallest absolute Gasteiger partial charge is 0.123 e. The summed E-state index contributed by atoms with van der Waals surface area (Å²) in [6.07, 6.45) is 6.02. The van der Waals surface area contributed by atoms with Gasteiger partial charge in [-0.05, 0) is 24.8 Å². The van der Waals surface area contributed by atoms with E-state index in [1.54, 1.807) is 0 Å². The Balaban J connectivity index is 1.76. The van der Waals surface area contributed by atoms with E-state index >= 15 is 0 Å². The van der Waals surface area contributed by atoms with Gasteiger partial charge in [-0.1, -0.05) is 37.5 Å². The zero-order valence-electron chi connectivity index (χ0n) is 10.1. The highest BCUT2D eigenvalue weighted by molar-refractivity contribution is 5.40. The highest BCUT2D eigenvalue weighted by atomic mass is 16.5. The minimum Gasteiger partial charge on any atom is -0.493 e. The van der Waals surface area contributed by atoms with Gasteiger partial charge in [0.2, 0.25) is 0 Å². The third kappa shape index (κ3) is 2.06. The van der Waals surface area contributed by atoms with Crippen molar-refractivity contribution in [2.75, 3.05) is 6.61 Å². The van der Waals surface area contributed by atoms with E-state index in [1.807, 2.05) is 18.2 Å². The molecule has 92 valence electrons. The summed E-state index contributed by atoms with van der Waals surface area (Å²) in [7, 11) is 0. The number of hydrogen-bond acceptors (Lipinski definition) is 2. The number of rotatable bonds is 2. The number of aliphatic hydroxyl groups is 1. The lowest BCUT2D eigenvalue weighted by atomic mass is 9.79. The molecular weight excluding hydrogens is 212 g/mol. The van der Waals surface area contributed by atoms with Gasteiger partial charge in [0.25, 0.3) is 0 Å². The average Bonchev–Trinajstić information content (AvgIpc) is 2.83. The Hall–Kier alpha value is -1.02. The van der Waals surface area contributed by atoms with Crippen molar-refractivity contribution < 1.29 is 9.84 Å². The largest absolute Gasteiger partial charge is 0.493 e. The van der Waals surface area contributed by atoms with Crippen LogP contribution in [0.3, 0.4) is 0 Å². The monoisotopic (exact) mass is 232 g/mol. The van der Waals surface area contributed by atoms with E-state index in [2.05, 4.69) is 6.07 Å². The summed E-state index contributed by atoms with van der Waals surface area (Å²) in [4.78, 5) is 0. The van der Waals surface area contributed by atoms with Gasteiger partial charge in [-0.25, -0.2) is 0 Å². The lowest BCUT2D eigenvalue weighted by Gasteiger charge is -2.29. The molecule has 2 nitrogen and oxygen atoms in total. The normalized spacial score (nSPS) is 26.3. The van der Waals surface area contributed by atoms with Crippen molar-refractivity contribution in [2.45, 2.75) is 44.1 Å². The minimum atomic E-state index is -0.223. The standard InChI is InChI=1S/C15H20O2/c16-15(11-6-2-1-3-7-11)13-10-17-14-9-5-4-8-12(13)14/h4-5,8-9,11,13,15-16H,1-3,6-7,10H2. The summed E-state index contributed by atoms with van der Waals surface area (Å²) in [5, 5.41) is 10.5. The molecule has 1 aromatic rings. The summed E-state index contributed by atoms with van der Waals surface area (Å²) in [6, 6.07) is 8.13. The van der Waals surface area contributed by atoms with Gasteiger partial charge < -0.3 is 9.84 Å². The number of benzene rings is 1. The van der Waals surface area contributed by atoms with Crippen molar-refractivity contribution >= 4 is 0 Å². The molecule has 0 amide bonds. The lowest BCUT2D eigenvalue weighted by molar-refractivity contribution is 0.0535. The SMILES string of the molecule is OC(C1CCCCC1)C1COc2ccccc21. The zero-order valence-corrected chi connectivity index (χ0v) is 10.1. The number of ether oxygens (including phenoxy) is 1. The van der Waals surface area contributed by atoms with Crippen LogP contribution in [-0.4, -0.2) is 17.8 Å². The molecule has 1 aromatic carbocycles. The summed E-state index contributed by atoms with van der Waals surface area (Å²) in [5.74, 6) is 1.63. The van der Waals surface area contributed by atoms with Gasteiger partial charge in [0.1, 0.15) is 5.75 Å². The quantitative estimate of drug-likeness (QED) is 0.849. The Kier molecular flexibility index (Phi) is 3.06. The summed E-state index contributed by atoms with van der Waals surface area (Å²) >= 11 is 0. The van der Waals surface area contributed by atoms with Crippen molar-refractivity contribution in [3.63, 3.8) is 0 Å². The third-order valence-corrected chi connectivity index (χ3v) is 4.28. The fraction of sp³-hybridized carbons (Fsp3) is 0.600. The molecule has 1 heterocycles. The van der Waals surface area contributed by atoms with Crippen molar-refractivity contribution in [1.82, 2.24) is 0 Å². The first-order valence-corrected chi connectivity index (χ1v) is 6.76. The van der Waals surface area contributed by atoms with E-state index < -0.39 is 0 Å². The second kappa shape index (κ2) is 4.69. The maximum absolute atomic E-state index is 10.5. The van der Waals surface area contributed by atoms with E-state index in [9.17, 15) is 5.11 Å². The van der Waals surface area contributed by atoms with E-state index in [0.29, 0.717) is 12.5 Å². The van der Waals surface area contributed by atoms with Crippen molar-refractivity contribution in [2.24, 2.45) is 5.92 Å². The maximum atomic E-state index is 10.5. The molecule has 1 aliphatic carbocycles. The van der Waals surface area contributed by atoms with E-state index in [0.717, 1.165) is 5.75 Å². The lowest BCUT2D eigenvalue weighted by Crippen LogP contribution is -2.30. The molecule has 2 aliphatic rings. The van der Waals surface area contributed by atoms with Crippen LogP contribution in [-0.2, 0) is 0 Å². The fourth-order valence-corrected chi connectivity index (χ4v) is 3.27. The predicted octanol–water partition coefficient (Wildman–Crippen LogP) is 3.10. The first kappa shape index (κ1) is 11.1. The highest BCUT2D eigenvalue weighted by Crippen LogP contribution is 2.40. The van der Waals surface area contributed by atoms with Crippen LogP contribution in [0, 0.1) is 5.92 Å². The van der Waals surface area contributed by atoms with Crippen LogP contribution in [0.2, 0.25) is 0 Å². The molecule has 1 aliphatic heterocycles. The van der Waals surface area contributed by atoms with Gasteiger partial charge in [-0.3, -0.25) is 0 Å². The van der Waals surface area contributed by atoms with Crippen LogP contribution in [0.5, 0.6) is 5.75 Å². The number of aliphatic hydroxyl groups excluding tert-OH is 1. The van der Waals surface area contributed by atoms with E-state index in [4.69, 9.17) is 4.74 Å². The predicted molar refractivity (Wildman–Crippen MR) is 67.3 cm³/mol. The molecule has 0 bridgehead atoms. The first-order valence-electron chi connectivity index (χ1n) is 6.76. The molecule has 17 heavy (non-hydrogen) atoms. The Bertz CT molecular complexity index is 382. The molecule has 0 radical (unpaired) electrons. The molecule has 1 fully saturated rings. The average molecular weight is 232 g/mol. The van der Waals surface area contributed by atoms with Crippen molar-refractivity contribution in [3.8, 4) is 5.75 Å². The van der Waals surface area contributed by atoms with Gasteiger partial charge >= 0.3 is 0 Å². The van der Waals surface area contributed by atoms with Gasteiger partial charge in [-0.2, -0.15) is 0 Å². The number of para-hydroxylation sites is 1. The minimum absolute atomic E-state index is 0.189. The van der Waals surface area contributed by atoms with Gasteiger partial charge in [-0.15, -0.1) is 0 Å². The topological polar surface area (TPSA) is 29.5 Å². The maximum Gasteiger partial charge on any atom is 0.123 e. The second-order valence-electron chi connectivity index (χ2n) is 5.34. The van der Waals surface area contributed by atoms with Crippen LogP contribution in [0.15, 0.2) is 24.3 Å². The van der Waals surface area contributed by atoms with Crippen molar-refractivity contribution in [1.29, 1.82) is 0 Å². The fourth-order valence-electron chi connectivity index (χ4n) is 3.27. The molecule has 2 heteroatoms. The molecule has 0 saturated heterocycles. The Morgan fingerprint density at radius 3 is 2.71 bits per heavy atom. The van der Waals surface area contributed by atoms with Crippen molar-refractivity contribution in [3.05, 3.63) is 29.8 Å².